The topological polar surface area (TPSA) is 122 Å². The van der Waals surface area contributed by atoms with Gasteiger partial charge < -0.3 is 25.0 Å². The van der Waals surface area contributed by atoms with Crippen molar-refractivity contribution in [3.63, 3.8) is 0 Å². The highest BCUT2D eigenvalue weighted by atomic mass is 32.1. The van der Waals surface area contributed by atoms with Crippen molar-refractivity contribution in [1.29, 1.82) is 0 Å². The minimum atomic E-state index is -0.551. The van der Waals surface area contributed by atoms with Crippen LogP contribution in [-0.2, 0) is 11.3 Å². The van der Waals surface area contributed by atoms with E-state index in [0.29, 0.717) is 34.2 Å². The third kappa shape index (κ3) is 7.52. The van der Waals surface area contributed by atoms with Gasteiger partial charge in [-0.25, -0.2) is 14.6 Å². The molecule has 1 aromatic heterocycles. The molecule has 3 aromatic rings. The van der Waals surface area contributed by atoms with Gasteiger partial charge in [0.15, 0.2) is 10.9 Å². The summed E-state index contributed by atoms with van der Waals surface area (Å²) in [5.41, 5.74) is 1.96. The number of methoxy groups -OCH3 is 1. The normalized spacial score (nSPS) is 10.6. The molecule has 0 saturated heterocycles. The van der Waals surface area contributed by atoms with E-state index >= 15 is 0 Å². The molecule has 0 spiro atoms. The van der Waals surface area contributed by atoms with Gasteiger partial charge in [0.1, 0.15) is 12.4 Å². The molecule has 190 valence electrons. The lowest BCUT2D eigenvalue weighted by Crippen LogP contribution is -2.27. The number of carbonyl (C=O) groups excluding carboxylic acids is 3. The van der Waals surface area contributed by atoms with E-state index < -0.39 is 12.1 Å². The summed E-state index contributed by atoms with van der Waals surface area (Å²) < 4.78 is 10.4. The predicted octanol–water partition coefficient (Wildman–Crippen LogP) is 4.12. The highest BCUT2D eigenvalue weighted by molar-refractivity contribution is 7.15. The molecule has 0 unspecified atom stereocenters. The molecule has 0 bridgehead atoms. The van der Waals surface area contributed by atoms with Gasteiger partial charge >= 0.3 is 12.1 Å². The number of urea groups is 1. The second-order valence-electron chi connectivity index (χ2n) is 8.08. The Bertz CT molecular complexity index is 1230. The molecule has 36 heavy (non-hydrogen) atoms. The number of benzene rings is 2. The SMILES string of the molecule is COc1ccccc1C(=O)c1cc(C)ccc1NC(=O)Nc1ncc(CNC(=O)OCCN(C)C)s1. The van der Waals surface area contributed by atoms with Crippen LogP contribution in [0.2, 0.25) is 0 Å². The highest BCUT2D eigenvalue weighted by Crippen LogP contribution is 2.26. The first-order chi connectivity index (χ1) is 17.3. The molecule has 3 N–H and O–H groups in total. The molecular weight excluding hydrogens is 482 g/mol. The molecule has 2 aromatic carbocycles. The lowest BCUT2D eigenvalue weighted by Gasteiger charge is -2.13. The summed E-state index contributed by atoms with van der Waals surface area (Å²) in [6.45, 7) is 3.00. The summed E-state index contributed by atoms with van der Waals surface area (Å²) in [6, 6.07) is 11.6. The maximum Gasteiger partial charge on any atom is 0.407 e. The van der Waals surface area contributed by atoms with Gasteiger partial charge in [0, 0.05) is 23.2 Å². The number of carbonyl (C=O) groups is 3. The number of para-hydroxylation sites is 1. The molecule has 0 atom stereocenters. The van der Waals surface area contributed by atoms with Crippen molar-refractivity contribution in [3.8, 4) is 5.75 Å². The van der Waals surface area contributed by atoms with E-state index in [9.17, 15) is 14.4 Å². The lowest BCUT2D eigenvalue weighted by atomic mass is 9.99. The fourth-order valence-corrected chi connectivity index (χ4v) is 3.91. The number of thiazole rings is 1. The van der Waals surface area contributed by atoms with Gasteiger partial charge in [-0.1, -0.05) is 35.1 Å². The summed E-state index contributed by atoms with van der Waals surface area (Å²) in [7, 11) is 5.28. The maximum atomic E-state index is 13.3. The smallest absolute Gasteiger partial charge is 0.407 e. The maximum absolute atomic E-state index is 13.3. The quantitative estimate of drug-likeness (QED) is 0.350. The van der Waals surface area contributed by atoms with Crippen molar-refractivity contribution < 1.29 is 23.9 Å². The van der Waals surface area contributed by atoms with Crippen molar-refractivity contribution in [2.24, 2.45) is 0 Å². The monoisotopic (exact) mass is 511 g/mol. The largest absolute Gasteiger partial charge is 0.496 e. The molecular formula is C25H29N5O5S. The zero-order valence-electron chi connectivity index (χ0n) is 20.6. The van der Waals surface area contributed by atoms with Crippen LogP contribution < -0.4 is 20.7 Å². The molecule has 3 amide bonds. The number of ether oxygens (including phenoxy) is 2. The van der Waals surface area contributed by atoms with Crippen LogP contribution in [0.15, 0.2) is 48.7 Å². The van der Waals surface area contributed by atoms with E-state index in [1.165, 1.54) is 18.4 Å². The second kappa shape index (κ2) is 12.7. The number of aromatic nitrogens is 1. The third-order valence-electron chi connectivity index (χ3n) is 4.97. The highest BCUT2D eigenvalue weighted by Gasteiger charge is 2.19. The predicted molar refractivity (Wildman–Crippen MR) is 139 cm³/mol. The lowest BCUT2D eigenvalue weighted by molar-refractivity contribution is 0.103. The second-order valence-corrected chi connectivity index (χ2v) is 9.20. The van der Waals surface area contributed by atoms with Crippen LogP contribution in [0.25, 0.3) is 0 Å². The minimum absolute atomic E-state index is 0.220. The Morgan fingerprint density at radius 3 is 2.58 bits per heavy atom. The molecule has 0 aliphatic carbocycles. The number of ketones is 1. The van der Waals surface area contributed by atoms with Gasteiger partial charge in [-0.15, -0.1) is 0 Å². The van der Waals surface area contributed by atoms with Gasteiger partial charge in [-0.2, -0.15) is 0 Å². The number of alkyl carbamates (subject to hydrolysis) is 1. The first kappa shape index (κ1) is 26.6. The van der Waals surface area contributed by atoms with Crippen LogP contribution in [0.5, 0.6) is 5.75 Å². The Balaban J connectivity index is 1.62. The minimum Gasteiger partial charge on any atom is -0.496 e. The fraction of sp³-hybridized carbons (Fsp3) is 0.280. The van der Waals surface area contributed by atoms with Crippen LogP contribution in [0.1, 0.15) is 26.4 Å². The Morgan fingerprint density at radius 1 is 1.06 bits per heavy atom. The van der Waals surface area contributed by atoms with Crippen molar-refractivity contribution in [2.45, 2.75) is 13.5 Å². The number of aryl methyl sites for hydroxylation is 1. The molecule has 0 aliphatic heterocycles. The first-order valence-corrected chi connectivity index (χ1v) is 11.9. The van der Waals surface area contributed by atoms with E-state index in [-0.39, 0.29) is 18.9 Å². The molecule has 0 aliphatic rings. The van der Waals surface area contributed by atoms with Crippen molar-refractivity contribution in [3.05, 3.63) is 70.2 Å². The Morgan fingerprint density at radius 2 is 1.83 bits per heavy atom. The number of rotatable bonds is 10. The van der Waals surface area contributed by atoms with E-state index in [2.05, 4.69) is 20.9 Å². The zero-order valence-corrected chi connectivity index (χ0v) is 21.4. The van der Waals surface area contributed by atoms with E-state index in [4.69, 9.17) is 9.47 Å². The van der Waals surface area contributed by atoms with E-state index in [0.717, 1.165) is 10.4 Å². The summed E-state index contributed by atoms with van der Waals surface area (Å²) in [5, 5.41) is 8.37. The standard InChI is InChI=1S/C25H29N5O5S/c1-16-9-10-20(19(13-16)22(31)18-7-5-6-8-21(18)34-4)28-23(32)29-24-26-14-17(36-24)15-27-25(33)35-12-11-30(2)3/h5-10,13-14H,11-12,15H2,1-4H3,(H,27,33)(H2,26,28,29,32). The number of nitrogens with one attached hydrogen (secondary N) is 3. The zero-order chi connectivity index (χ0) is 26.1. The molecule has 0 fully saturated rings. The number of hydrogen-bond acceptors (Lipinski definition) is 8. The number of likely N-dealkylation sites (N-methyl/N-ethyl adjacent to an activating group) is 1. The molecule has 11 heteroatoms. The fourth-order valence-electron chi connectivity index (χ4n) is 3.16. The first-order valence-electron chi connectivity index (χ1n) is 11.1. The van der Waals surface area contributed by atoms with Crippen LogP contribution in [0.3, 0.4) is 0 Å². The van der Waals surface area contributed by atoms with Gasteiger partial charge in [0.2, 0.25) is 0 Å². The average molecular weight is 512 g/mol. The Labute approximate surface area is 213 Å². The number of hydrogen-bond donors (Lipinski definition) is 3. The molecule has 0 saturated carbocycles. The number of amides is 3. The van der Waals surface area contributed by atoms with Crippen LogP contribution >= 0.6 is 11.3 Å². The Hall–Kier alpha value is -3.96. The summed E-state index contributed by atoms with van der Waals surface area (Å²) in [5.74, 6) is 0.177. The number of nitrogens with zero attached hydrogens (tertiary/aromatic N) is 2. The molecule has 3 rings (SSSR count). The van der Waals surface area contributed by atoms with E-state index in [1.807, 2.05) is 25.9 Å². The Kier molecular flexibility index (Phi) is 9.37. The van der Waals surface area contributed by atoms with Crippen LogP contribution in [0.4, 0.5) is 20.4 Å². The molecule has 10 nitrogen and oxygen atoms in total. The molecule has 1 heterocycles. The third-order valence-corrected chi connectivity index (χ3v) is 5.88. The van der Waals surface area contributed by atoms with Crippen LogP contribution in [0, 0.1) is 6.92 Å². The summed E-state index contributed by atoms with van der Waals surface area (Å²) in [4.78, 5) is 44.5. The van der Waals surface area contributed by atoms with Crippen molar-refractivity contribution in [2.75, 3.05) is 45.0 Å². The average Bonchev–Trinajstić information content (AvgIpc) is 3.30. The van der Waals surface area contributed by atoms with Crippen molar-refractivity contribution in [1.82, 2.24) is 15.2 Å². The van der Waals surface area contributed by atoms with E-state index in [1.54, 1.807) is 48.7 Å². The molecule has 0 radical (unpaired) electrons. The summed E-state index contributed by atoms with van der Waals surface area (Å²) >= 11 is 1.21. The van der Waals surface area contributed by atoms with Gasteiger partial charge in [0.05, 0.1) is 24.9 Å². The van der Waals surface area contributed by atoms with Gasteiger partial charge in [-0.3, -0.25) is 10.1 Å². The van der Waals surface area contributed by atoms with Crippen LogP contribution in [-0.4, -0.2) is 62.1 Å². The van der Waals surface area contributed by atoms with Gasteiger partial charge in [-0.05, 0) is 45.3 Å². The summed E-state index contributed by atoms with van der Waals surface area (Å²) in [6.07, 6.45) is 1.03. The van der Waals surface area contributed by atoms with Crippen molar-refractivity contribution >= 4 is 40.1 Å². The number of anilines is 2. The van der Waals surface area contributed by atoms with Gasteiger partial charge in [0.25, 0.3) is 0 Å².